The maximum atomic E-state index is 7.59. The summed E-state index contributed by atoms with van der Waals surface area (Å²) in [6, 6.07) is 15.8. The van der Waals surface area contributed by atoms with E-state index in [-0.39, 0.29) is 30.7 Å². The van der Waals surface area contributed by atoms with Gasteiger partial charge in [-0.15, -0.1) is 24.8 Å². The molecule has 0 unspecified atom stereocenters. The highest BCUT2D eigenvalue weighted by Gasteiger charge is 2.02. The van der Waals surface area contributed by atoms with Gasteiger partial charge in [0.15, 0.2) is 0 Å². The van der Waals surface area contributed by atoms with Crippen LogP contribution in [0.4, 0.5) is 0 Å². The van der Waals surface area contributed by atoms with Crippen LogP contribution in [0.3, 0.4) is 0 Å². The van der Waals surface area contributed by atoms with Crippen molar-refractivity contribution in [3.63, 3.8) is 0 Å². The molecule has 0 aliphatic heterocycles. The number of halogens is 2. The summed E-state index contributed by atoms with van der Waals surface area (Å²) in [5.41, 5.74) is 3.16. The normalized spacial score (nSPS) is 9.67. The van der Waals surface area contributed by atoms with E-state index in [0.29, 0.717) is 6.61 Å². The van der Waals surface area contributed by atoms with E-state index in [4.69, 9.17) is 14.9 Å². The van der Waals surface area contributed by atoms with Gasteiger partial charge in [-0.2, -0.15) is 0 Å². The standard InChI is InChI=1S/C18H22N2O2.2ClH/c1-20(2)12-14-4-6-15(7-5-14)13-22-17-10-8-16(9-11-17)18(19)21-3;;/h4-11,19H,12-13H2,1-3H3;2*1H. The molecule has 0 aromatic heterocycles. The summed E-state index contributed by atoms with van der Waals surface area (Å²) in [5.74, 6) is 0.938. The molecule has 0 atom stereocenters. The third-order valence-electron chi connectivity index (χ3n) is 3.25. The quantitative estimate of drug-likeness (QED) is 0.613. The van der Waals surface area contributed by atoms with Crippen LogP contribution in [0.2, 0.25) is 0 Å². The first-order valence-electron chi connectivity index (χ1n) is 7.17. The number of methoxy groups -OCH3 is 1. The Labute approximate surface area is 156 Å². The van der Waals surface area contributed by atoms with Gasteiger partial charge in [0.1, 0.15) is 12.4 Å². The monoisotopic (exact) mass is 370 g/mol. The lowest BCUT2D eigenvalue weighted by Gasteiger charge is -2.11. The van der Waals surface area contributed by atoms with Gasteiger partial charge in [0.25, 0.3) is 0 Å². The molecule has 24 heavy (non-hydrogen) atoms. The Morgan fingerprint density at radius 2 is 1.46 bits per heavy atom. The minimum atomic E-state index is 0. The lowest BCUT2D eigenvalue weighted by atomic mass is 10.1. The molecule has 0 saturated heterocycles. The molecule has 0 spiro atoms. The van der Waals surface area contributed by atoms with E-state index in [9.17, 15) is 0 Å². The van der Waals surface area contributed by atoms with E-state index < -0.39 is 0 Å². The second kappa shape index (κ2) is 10.9. The molecule has 0 radical (unpaired) electrons. The van der Waals surface area contributed by atoms with Crippen molar-refractivity contribution in [3.05, 3.63) is 65.2 Å². The van der Waals surface area contributed by atoms with Crippen LogP contribution in [0.5, 0.6) is 5.75 Å². The summed E-state index contributed by atoms with van der Waals surface area (Å²) < 4.78 is 10.6. The first-order valence-corrected chi connectivity index (χ1v) is 7.17. The van der Waals surface area contributed by atoms with Gasteiger partial charge in [0, 0.05) is 12.1 Å². The van der Waals surface area contributed by atoms with Crippen LogP contribution in [0.15, 0.2) is 48.5 Å². The summed E-state index contributed by atoms with van der Waals surface area (Å²) in [6.07, 6.45) is 0. The Kier molecular flexibility index (Phi) is 10.1. The third-order valence-corrected chi connectivity index (χ3v) is 3.25. The largest absolute Gasteiger partial charge is 0.489 e. The molecule has 2 aromatic rings. The van der Waals surface area contributed by atoms with Crippen molar-refractivity contribution in [2.75, 3.05) is 21.2 Å². The van der Waals surface area contributed by atoms with Gasteiger partial charge in [-0.1, -0.05) is 24.3 Å². The molecule has 1 N–H and O–H groups in total. The second-order valence-electron chi connectivity index (χ2n) is 5.40. The average molecular weight is 371 g/mol. The number of nitrogens with one attached hydrogen (secondary N) is 1. The summed E-state index contributed by atoms with van der Waals surface area (Å²) >= 11 is 0. The molecule has 0 bridgehead atoms. The van der Waals surface area contributed by atoms with Gasteiger partial charge in [-0.25, -0.2) is 0 Å². The topological polar surface area (TPSA) is 45.6 Å². The van der Waals surface area contributed by atoms with Crippen LogP contribution in [0.1, 0.15) is 16.7 Å². The van der Waals surface area contributed by atoms with Crippen molar-refractivity contribution in [1.82, 2.24) is 4.90 Å². The smallest absolute Gasteiger partial charge is 0.212 e. The molecule has 2 rings (SSSR count). The summed E-state index contributed by atoms with van der Waals surface area (Å²) in [6.45, 7) is 1.47. The minimum Gasteiger partial charge on any atom is -0.489 e. The van der Waals surface area contributed by atoms with Gasteiger partial charge in [0.05, 0.1) is 7.11 Å². The zero-order valence-corrected chi connectivity index (χ0v) is 15.7. The lowest BCUT2D eigenvalue weighted by Crippen LogP contribution is -2.10. The molecule has 0 heterocycles. The summed E-state index contributed by atoms with van der Waals surface area (Å²) in [4.78, 5) is 2.14. The van der Waals surface area contributed by atoms with Crippen LogP contribution >= 0.6 is 24.8 Å². The Hall–Kier alpha value is -1.75. The predicted molar refractivity (Wildman–Crippen MR) is 103 cm³/mol. The van der Waals surface area contributed by atoms with E-state index in [2.05, 4.69) is 43.3 Å². The molecular formula is C18H24Cl2N2O2. The van der Waals surface area contributed by atoms with Crippen molar-refractivity contribution in [2.45, 2.75) is 13.2 Å². The van der Waals surface area contributed by atoms with Crippen LogP contribution in [0, 0.1) is 5.41 Å². The number of nitrogens with zero attached hydrogens (tertiary/aromatic N) is 1. The molecule has 6 heteroatoms. The van der Waals surface area contributed by atoms with E-state index in [1.165, 1.54) is 12.7 Å². The van der Waals surface area contributed by atoms with Crippen LogP contribution in [-0.2, 0) is 17.9 Å². The highest BCUT2D eigenvalue weighted by molar-refractivity contribution is 5.91. The predicted octanol–water partition coefficient (Wildman–Crippen LogP) is 4.14. The fourth-order valence-corrected chi connectivity index (χ4v) is 2.09. The fraction of sp³-hybridized carbons (Fsp3) is 0.278. The zero-order chi connectivity index (χ0) is 15.9. The van der Waals surface area contributed by atoms with Gasteiger partial charge in [-0.3, -0.25) is 5.41 Å². The van der Waals surface area contributed by atoms with E-state index in [1.54, 1.807) is 0 Å². The first kappa shape index (κ1) is 22.2. The highest BCUT2D eigenvalue weighted by atomic mass is 35.5. The number of benzene rings is 2. The Morgan fingerprint density at radius 1 is 0.917 bits per heavy atom. The Morgan fingerprint density at radius 3 is 1.96 bits per heavy atom. The third kappa shape index (κ3) is 6.79. The fourth-order valence-electron chi connectivity index (χ4n) is 2.09. The summed E-state index contributed by atoms with van der Waals surface area (Å²) in [7, 11) is 5.61. The number of hydrogen-bond donors (Lipinski definition) is 1. The maximum Gasteiger partial charge on any atom is 0.212 e. The van der Waals surface area contributed by atoms with Gasteiger partial charge < -0.3 is 14.4 Å². The highest BCUT2D eigenvalue weighted by Crippen LogP contribution is 2.15. The van der Waals surface area contributed by atoms with E-state index in [0.717, 1.165) is 23.4 Å². The van der Waals surface area contributed by atoms with Gasteiger partial charge >= 0.3 is 0 Å². The number of hydrogen-bond acceptors (Lipinski definition) is 4. The van der Waals surface area contributed by atoms with E-state index in [1.807, 2.05) is 24.3 Å². The minimum absolute atomic E-state index is 0. The molecule has 0 aliphatic rings. The van der Waals surface area contributed by atoms with Crippen LogP contribution in [-0.4, -0.2) is 32.0 Å². The number of ether oxygens (including phenoxy) is 2. The van der Waals surface area contributed by atoms with Crippen molar-refractivity contribution >= 4 is 30.7 Å². The second-order valence-corrected chi connectivity index (χ2v) is 5.40. The molecule has 132 valence electrons. The molecular weight excluding hydrogens is 347 g/mol. The lowest BCUT2D eigenvalue weighted by molar-refractivity contribution is 0.306. The van der Waals surface area contributed by atoms with Crippen molar-refractivity contribution in [2.24, 2.45) is 0 Å². The Balaban J connectivity index is 0.00000264. The average Bonchev–Trinajstić information content (AvgIpc) is 2.53. The molecule has 2 aromatic carbocycles. The summed E-state index contributed by atoms with van der Waals surface area (Å²) in [5, 5.41) is 7.59. The number of rotatable bonds is 6. The molecule has 0 saturated carbocycles. The van der Waals surface area contributed by atoms with Crippen molar-refractivity contribution < 1.29 is 9.47 Å². The molecule has 0 fully saturated rings. The SMILES string of the molecule is COC(=N)c1ccc(OCc2ccc(CN(C)C)cc2)cc1.Cl.Cl. The van der Waals surface area contributed by atoms with Crippen molar-refractivity contribution in [3.8, 4) is 5.75 Å². The van der Waals surface area contributed by atoms with Gasteiger partial charge in [-0.05, 0) is 49.5 Å². The first-order chi connectivity index (χ1) is 10.6. The molecule has 0 amide bonds. The van der Waals surface area contributed by atoms with Crippen LogP contribution < -0.4 is 4.74 Å². The zero-order valence-electron chi connectivity index (χ0n) is 14.1. The molecule has 0 aliphatic carbocycles. The van der Waals surface area contributed by atoms with E-state index >= 15 is 0 Å². The maximum absolute atomic E-state index is 7.59. The molecule has 4 nitrogen and oxygen atoms in total. The van der Waals surface area contributed by atoms with Crippen LogP contribution in [0.25, 0.3) is 0 Å². The van der Waals surface area contributed by atoms with Crippen molar-refractivity contribution in [1.29, 1.82) is 5.41 Å². The van der Waals surface area contributed by atoms with Gasteiger partial charge in [0.2, 0.25) is 5.90 Å². The Bertz CT molecular complexity index is 614.